The molecule has 0 aromatic heterocycles. The molecule has 0 heterocycles. The number of nitrogens with zero attached hydrogens (tertiary/aromatic N) is 3. The number of hydrogen-bond acceptors (Lipinski definition) is 5. The van der Waals surface area contributed by atoms with Crippen LogP contribution < -0.4 is 0 Å². The zero-order chi connectivity index (χ0) is 13.7. The highest BCUT2D eigenvalue weighted by atomic mass is 35.5. The van der Waals surface area contributed by atoms with Crippen molar-refractivity contribution in [3.8, 4) is 23.6 Å². The minimum absolute atomic E-state index is 0. The lowest BCUT2D eigenvalue weighted by Crippen LogP contribution is -2.23. The Kier molecular flexibility index (Phi) is 6.71. The Morgan fingerprint density at radius 1 is 1.16 bits per heavy atom. The number of halogens is 1. The average Bonchev–Trinajstić information content (AvgIpc) is 2.39. The van der Waals surface area contributed by atoms with E-state index in [2.05, 4.69) is 0 Å². The van der Waals surface area contributed by atoms with E-state index in [1.807, 2.05) is 30.9 Å². The number of nitriles is 2. The van der Waals surface area contributed by atoms with Crippen LogP contribution in [0.1, 0.15) is 30.5 Å². The first-order chi connectivity index (χ1) is 8.58. The van der Waals surface area contributed by atoms with Gasteiger partial charge in [0.1, 0.15) is 11.6 Å². The molecule has 5 nitrogen and oxygen atoms in total. The van der Waals surface area contributed by atoms with E-state index < -0.39 is 11.5 Å². The molecule has 0 radical (unpaired) electrons. The monoisotopic (exact) mass is 281 g/mol. The lowest BCUT2D eigenvalue weighted by atomic mass is 10.00. The maximum Gasteiger partial charge on any atom is 0.176 e. The van der Waals surface area contributed by atoms with Gasteiger partial charge in [-0.05, 0) is 13.1 Å². The molecule has 0 aliphatic heterocycles. The molecule has 6 heteroatoms. The van der Waals surface area contributed by atoms with Crippen molar-refractivity contribution in [1.29, 1.82) is 10.5 Å². The second-order valence-electron chi connectivity index (χ2n) is 3.83. The van der Waals surface area contributed by atoms with Gasteiger partial charge < -0.3 is 10.2 Å². The summed E-state index contributed by atoms with van der Waals surface area (Å²) < 4.78 is 0. The van der Waals surface area contributed by atoms with Crippen LogP contribution in [0.15, 0.2) is 6.07 Å². The lowest BCUT2D eigenvalue weighted by Gasteiger charge is -2.20. The van der Waals surface area contributed by atoms with Crippen LogP contribution in [0.25, 0.3) is 0 Å². The molecule has 102 valence electrons. The number of aromatic hydroxyl groups is 2. The number of phenols is 2. The van der Waals surface area contributed by atoms with Gasteiger partial charge in [0.25, 0.3) is 0 Å². The quantitative estimate of drug-likeness (QED) is 0.825. The maximum atomic E-state index is 9.66. The van der Waals surface area contributed by atoms with Gasteiger partial charge in [-0.2, -0.15) is 10.5 Å². The Labute approximate surface area is 118 Å². The molecule has 0 spiro atoms. The van der Waals surface area contributed by atoms with E-state index in [-0.39, 0.29) is 23.5 Å². The molecule has 19 heavy (non-hydrogen) atoms. The number of hydrogen-bond donors (Lipinski definition) is 2. The molecule has 2 N–H and O–H groups in total. The fourth-order valence-electron chi connectivity index (χ4n) is 1.75. The van der Waals surface area contributed by atoms with Crippen molar-refractivity contribution < 1.29 is 10.2 Å². The Morgan fingerprint density at radius 2 is 1.74 bits per heavy atom. The van der Waals surface area contributed by atoms with E-state index in [0.717, 1.165) is 13.1 Å². The van der Waals surface area contributed by atoms with E-state index >= 15 is 0 Å². The number of benzene rings is 1. The van der Waals surface area contributed by atoms with Gasteiger partial charge in [0.2, 0.25) is 0 Å². The zero-order valence-electron chi connectivity index (χ0n) is 10.8. The van der Waals surface area contributed by atoms with Gasteiger partial charge >= 0.3 is 0 Å². The Morgan fingerprint density at radius 3 is 2.16 bits per heavy atom. The Balaban J connectivity index is 0.00000324. The molecule has 0 saturated heterocycles. The van der Waals surface area contributed by atoms with E-state index in [1.54, 1.807) is 0 Å². The van der Waals surface area contributed by atoms with E-state index in [1.165, 1.54) is 6.07 Å². The van der Waals surface area contributed by atoms with Gasteiger partial charge in [0, 0.05) is 18.2 Å². The fraction of sp³-hybridized carbons (Fsp3) is 0.385. The van der Waals surface area contributed by atoms with Crippen molar-refractivity contribution in [2.75, 3.05) is 13.1 Å². The first-order valence-electron chi connectivity index (χ1n) is 5.69. The topological polar surface area (TPSA) is 91.3 Å². The highest BCUT2D eigenvalue weighted by Crippen LogP contribution is 2.34. The second-order valence-corrected chi connectivity index (χ2v) is 3.83. The molecule has 0 aliphatic rings. The fourth-order valence-corrected chi connectivity index (χ4v) is 1.75. The molecule has 1 rings (SSSR count). The van der Waals surface area contributed by atoms with Crippen LogP contribution in [0.3, 0.4) is 0 Å². The largest absolute Gasteiger partial charge is 0.504 e. The van der Waals surface area contributed by atoms with Crippen molar-refractivity contribution in [2.24, 2.45) is 0 Å². The molecule has 0 bridgehead atoms. The summed E-state index contributed by atoms with van der Waals surface area (Å²) in [5, 5.41) is 37.2. The molecule has 0 aliphatic carbocycles. The minimum Gasteiger partial charge on any atom is -0.504 e. The summed E-state index contributed by atoms with van der Waals surface area (Å²) in [7, 11) is 0. The normalized spacial score (nSPS) is 9.53. The molecule has 1 aromatic carbocycles. The molecule has 0 fully saturated rings. The van der Waals surface area contributed by atoms with Gasteiger partial charge in [0.05, 0.1) is 11.6 Å². The predicted molar refractivity (Wildman–Crippen MR) is 73.1 cm³/mol. The van der Waals surface area contributed by atoms with Gasteiger partial charge in [-0.1, -0.05) is 13.8 Å². The number of phenolic OH excluding ortho intramolecular Hbond substituents is 2. The number of rotatable bonds is 4. The van der Waals surface area contributed by atoms with Crippen LogP contribution in [-0.4, -0.2) is 28.2 Å². The SMILES string of the molecule is CCN(CC)Cc1c(C#N)cc(O)c(O)c1C#N.Cl. The van der Waals surface area contributed by atoms with Crippen LogP contribution in [0.4, 0.5) is 0 Å². The van der Waals surface area contributed by atoms with Gasteiger partial charge in [-0.25, -0.2) is 0 Å². The summed E-state index contributed by atoms with van der Waals surface area (Å²) in [6, 6.07) is 4.98. The zero-order valence-corrected chi connectivity index (χ0v) is 11.7. The van der Waals surface area contributed by atoms with Crippen LogP contribution >= 0.6 is 12.4 Å². The third-order valence-corrected chi connectivity index (χ3v) is 2.90. The highest BCUT2D eigenvalue weighted by molar-refractivity contribution is 5.85. The molecular weight excluding hydrogens is 266 g/mol. The van der Waals surface area contributed by atoms with Gasteiger partial charge in [-0.3, -0.25) is 4.90 Å². The molecule has 0 saturated carbocycles. The molecule has 0 atom stereocenters. The van der Waals surface area contributed by atoms with E-state index in [0.29, 0.717) is 12.1 Å². The Hall–Kier alpha value is -1.95. The maximum absolute atomic E-state index is 9.66. The molecule has 1 aromatic rings. The third-order valence-electron chi connectivity index (χ3n) is 2.90. The van der Waals surface area contributed by atoms with Crippen LogP contribution in [0.5, 0.6) is 11.5 Å². The minimum atomic E-state index is -0.460. The van der Waals surface area contributed by atoms with Crippen molar-refractivity contribution >= 4 is 12.4 Å². The van der Waals surface area contributed by atoms with E-state index in [4.69, 9.17) is 10.5 Å². The molecule has 0 unspecified atom stereocenters. The standard InChI is InChI=1S/C13H15N3O2.ClH/c1-3-16(4-2)8-11-9(6-14)5-12(17)13(18)10(11)7-15;/h5,17-18H,3-4,8H2,1-2H3;1H. The van der Waals surface area contributed by atoms with E-state index in [9.17, 15) is 10.2 Å². The van der Waals surface area contributed by atoms with Gasteiger partial charge in [0.15, 0.2) is 11.5 Å². The predicted octanol–water partition coefficient (Wildman–Crippen LogP) is 2.10. The summed E-state index contributed by atoms with van der Waals surface area (Å²) in [4.78, 5) is 2.02. The first-order valence-corrected chi connectivity index (χ1v) is 5.69. The van der Waals surface area contributed by atoms with Crippen molar-refractivity contribution in [1.82, 2.24) is 4.90 Å². The summed E-state index contributed by atoms with van der Waals surface area (Å²) in [6.45, 7) is 5.89. The van der Waals surface area contributed by atoms with Crippen LogP contribution in [0.2, 0.25) is 0 Å². The third kappa shape index (κ3) is 3.51. The van der Waals surface area contributed by atoms with Crippen molar-refractivity contribution in [3.63, 3.8) is 0 Å². The van der Waals surface area contributed by atoms with Gasteiger partial charge in [-0.15, -0.1) is 12.4 Å². The van der Waals surface area contributed by atoms with Crippen LogP contribution in [0, 0.1) is 22.7 Å². The summed E-state index contributed by atoms with van der Waals surface area (Å²) in [6.07, 6.45) is 0. The average molecular weight is 282 g/mol. The van der Waals surface area contributed by atoms with Crippen molar-refractivity contribution in [3.05, 3.63) is 22.8 Å². The Bertz CT molecular complexity index is 528. The summed E-state index contributed by atoms with van der Waals surface area (Å²) in [5.74, 6) is -0.898. The smallest absolute Gasteiger partial charge is 0.176 e. The highest BCUT2D eigenvalue weighted by Gasteiger charge is 2.18. The van der Waals surface area contributed by atoms with Crippen molar-refractivity contribution in [2.45, 2.75) is 20.4 Å². The van der Waals surface area contributed by atoms with Crippen LogP contribution in [-0.2, 0) is 6.54 Å². The first kappa shape index (κ1) is 17.1. The summed E-state index contributed by atoms with van der Waals surface area (Å²) in [5.41, 5.74) is 0.645. The summed E-state index contributed by atoms with van der Waals surface area (Å²) >= 11 is 0. The second kappa shape index (κ2) is 7.48. The molecular formula is C13H16ClN3O2. The molecule has 0 amide bonds. The lowest BCUT2D eigenvalue weighted by molar-refractivity contribution is 0.294.